The zero-order valence-electron chi connectivity index (χ0n) is 19.7. The van der Waals surface area contributed by atoms with Crippen LogP contribution >= 0.6 is 0 Å². The van der Waals surface area contributed by atoms with Crippen molar-refractivity contribution in [2.75, 3.05) is 33.3 Å². The molecule has 0 atom stereocenters. The molecule has 0 aromatic carbocycles. The topological polar surface area (TPSA) is 81.7 Å². The van der Waals surface area contributed by atoms with E-state index >= 15 is 0 Å². The van der Waals surface area contributed by atoms with Gasteiger partial charge in [0.15, 0.2) is 0 Å². The zero-order valence-corrected chi connectivity index (χ0v) is 19.7. The Labute approximate surface area is 188 Å². The zero-order chi connectivity index (χ0) is 23.0. The Balaban J connectivity index is 1.55. The largest absolute Gasteiger partial charge is 0.381 e. The molecule has 0 N–H and O–H groups in total. The Hall–Kier alpha value is -2.39. The van der Waals surface area contributed by atoms with Gasteiger partial charge in [-0.25, -0.2) is 4.79 Å². The predicted octanol–water partition coefficient (Wildman–Crippen LogP) is 1.16. The molecule has 1 amide bonds. The molecular weight excluding hydrogens is 410 g/mol. The second kappa shape index (κ2) is 9.23. The molecule has 2 aromatic rings. The van der Waals surface area contributed by atoms with Crippen LogP contribution in [0.3, 0.4) is 0 Å². The Morgan fingerprint density at radius 2 is 1.69 bits per heavy atom. The van der Waals surface area contributed by atoms with E-state index in [1.54, 1.807) is 20.2 Å². The van der Waals surface area contributed by atoms with Crippen molar-refractivity contribution in [3.8, 4) is 0 Å². The van der Waals surface area contributed by atoms with E-state index in [9.17, 15) is 14.4 Å². The van der Waals surface area contributed by atoms with Crippen LogP contribution in [0.15, 0.2) is 15.7 Å². The van der Waals surface area contributed by atoms with Gasteiger partial charge in [-0.2, -0.15) is 0 Å². The maximum absolute atomic E-state index is 13.5. The summed E-state index contributed by atoms with van der Waals surface area (Å²) in [6, 6.07) is 2.18. The maximum Gasteiger partial charge on any atom is 0.332 e. The van der Waals surface area contributed by atoms with E-state index in [0.29, 0.717) is 48.5 Å². The highest BCUT2D eigenvalue weighted by Gasteiger charge is 2.31. The third-order valence-electron chi connectivity index (χ3n) is 7.24. The fraction of sp³-hybridized carbons (Fsp3) is 0.696. The lowest BCUT2D eigenvalue weighted by molar-refractivity contribution is 0.0144. The summed E-state index contributed by atoms with van der Waals surface area (Å²) in [5, 5.41) is 0.419. The molecule has 0 unspecified atom stereocenters. The summed E-state index contributed by atoms with van der Waals surface area (Å²) >= 11 is 0. The summed E-state index contributed by atoms with van der Waals surface area (Å²) in [5.41, 5.74) is 0.291. The number of aromatic nitrogens is 3. The van der Waals surface area contributed by atoms with Crippen LogP contribution in [0, 0.1) is 0 Å². The molecule has 0 aliphatic carbocycles. The van der Waals surface area contributed by atoms with Crippen molar-refractivity contribution < 1.29 is 9.53 Å². The maximum atomic E-state index is 13.5. The Kier molecular flexibility index (Phi) is 6.57. The fourth-order valence-electron chi connectivity index (χ4n) is 5.34. The van der Waals surface area contributed by atoms with Crippen molar-refractivity contribution in [1.29, 1.82) is 0 Å². The summed E-state index contributed by atoms with van der Waals surface area (Å²) in [5.74, 6) is -0.0549. The molecule has 2 aromatic heterocycles. The highest BCUT2D eigenvalue weighted by atomic mass is 16.5. The van der Waals surface area contributed by atoms with Gasteiger partial charge < -0.3 is 19.1 Å². The molecule has 9 nitrogen and oxygen atoms in total. The number of fused-ring (bicyclic) bond motifs is 1. The first kappa shape index (κ1) is 22.8. The fourth-order valence-corrected chi connectivity index (χ4v) is 5.34. The minimum Gasteiger partial charge on any atom is -0.381 e. The number of carbonyl (C=O) groups is 1. The number of piperidine rings is 2. The van der Waals surface area contributed by atoms with E-state index in [2.05, 4.69) is 4.90 Å². The summed E-state index contributed by atoms with van der Waals surface area (Å²) in [7, 11) is 4.92. The number of methoxy groups -OCH3 is 1. The van der Waals surface area contributed by atoms with Crippen molar-refractivity contribution in [3.63, 3.8) is 0 Å². The lowest BCUT2D eigenvalue weighted by Gasteiger charge is -2.41. The predicted molar refractivity (Wildman–Crippen MR) is 123 cm³/mol. The van der Waals surface area contributed by atoms with Crippen molar-refractivity contribution in [3.05, 3.63) is 32.6 Å². The van der Waals surface area contributed by atoms with Crippen LogP contribution < -0.4 is 11.2 Å². The van der Waals surface area contributed by atoms with Gasteiger partial charge >= 0.3 is 5.69 Å². The van der Waals surface area contributed by atoms with Gasteiger partial charge in [0.05, 0.1) is 11.5 Å². The van der Waals surface area contributed by atoms with Crippen LogP contribution in [-0.4, -0.2) is 74.8 Å². The van der Waals surface area contributed by atoms with Gasteiger partial charge in [-0.3, -0.25) is 18.7 Å². The third-order valence-corrected chi connectivity index (χ3v) is 7.24. The molecule has 176 valence electrons. The van der Waals surface area contributed by atoms with Gasteiger partial charge in [-0.1, -0.05) is 6.92 Å². The molecule has 0 saturated carbocycles. The average molecular weight is 446 g/mol. The SMILES string of the molecule is CCCn1c(C(=O)N2CCC(N3CCC(OC)CC3)CC2)cc2c(=O)n(C)c(=O)n(C)c21. The second-order valence-corrected chi connectivity index (χ2v) is 9.12. The van der Waals surface area contributed by atoms with Crippen LogP contribution in [0.5, 0.6) is 0 Å². The molecule has 0 spiro atoms. The number of hydrogen-bond donors (Lipinski definition) is 0. The van der Waals surface area contributed by atoms with Crippen molar-refractivity contribution in [2.24, 2.45) is 14.1 Å². The summed E-state index contributed by atoms with van der Waals surface area (Å²) in [4.78, 5) is 43.2. The van der Waals surface area contributed by atoms with E-state index in [0.717, 1.165) is 49.8 Å². The van der Waals surface area contributed by atoms with E-state index in [-0.39, 0.29) is 17.2 Å². The molecule has 2 fully saturated rings. The first-order valence-corrected chi connectivity index (χ1v) is 11.7. The number of hydrogen-bond acceptors (Lipinski definition) is 5. The van der Waals surface area contributed by atoms with E-state index < -0.39 is 0 Å². The smallest absolute Gasteiger partial charge is 0.332 e. The molecule has 2 aliphatic rings. The summed E-state index contributed by atoms with van der Waals surface area (Å²) in [6.45, 7) is 6.13. The Bertz CT molecular complexity index is 1100. The van der Waals surface area contributed by atoms with Gasteiger partial charge in [0.1, 0.15) is 11.3 Å². The van der Waals surface area contributed by atoms with Gasteiger partial charge in [0.25, 0.3) is 11.5 Å². The number of rotatable bonds is 5. The number of ether oxygens (including phenoxy) is 1. The number of nitrogens with zero attached hydrogens (tertiary/aromatic N) is 5. The highest BCUT2D eigenvalue weighted by Crippen LogP contribution is 2.24. The molecule has 32 heavy (non-hydrogen) atoms. The van der Waals surface area contributed by atoms with Crippen LogP contribution in [0.25, 0.3) is 11.0 Å². The molecule has 4 rings (SSSR count). The number of aryl methyl sites for hydroxylation is 2. The molecule has 2 aliphatic heterocycles. The Morgan fingerprint density at radius 3 is 2.28 bits per heavy atom. The standard InChI is InChI=1S/C23H35N5O4/c1-5-10-28-19(15-18-20(28)24(2)23(31)25(3)21(18)29)22(30)27-11-6-16(7-12-27)26-13-8-17(32-4)9-14-26/h15-17H,5-14H2,1-4H3. The van der Waals surface area contributed by atoms with Gasteiger partial charge in [0.2, 0.25) is 0 Å². The van der Waals surface area contributed by atoms with Crippen LogP contribution in [0.2, 0.25) is 0 Å². The molecular formula is C23H35N5O4. The number of carbonyl (C=O) groups excluding carboxylic acids is 1. The first-order chi connectivity index (χ1) is 15.4. The van der Waals surface area contributed by atoms with Gasteiger partial charge in [-0.05, 0) is 38.2 Å². The molecule has 0 radical (unpaired) electrons. The number of amides is 1. The quantitative estimate of drug-likeness (QED) is 0.690. The lowest BCUT2D eigenvalue weighted by atomic mass is 9.98. The highest BCUT2D eigenvalue weighted by molar-refractivity contribution is 5.98. The van der Waals surface area contributed by atoms with Gasteiger partial charge in [0, 0.05) is 60.0 Å². The van der Waals surface area contributed by atoms with Crippen molar-refractivity contribution in [1.82, 2.24) is 23.5 Å². The molecule has 0 bridgehead atoms. The third kappa shape index (κ3) is 3.92. The van der Waals surface area contributed by atoms with Crippen LogP contribution in [-0.2, 0) is 25.4 Å². The Morgan fingerprint density at radius 1 is 1.03 bits per heavy atom. The average Bonchev–Trinajstić information content (AvgIpc) is 3.20. The van der Waals surface area contributed by atoms with Crippen LogP contribution in [0.4, 0.5) is 0 Å². The molecule has 4 heterocycles. The second-order valence-electron chi connectivity index (χ2n) is 9.12. The van der Waals surface area contributed by atoms with E-state index in [1.807, 2.05) is 16.4 Å². The minimum absolute atomic E-state index is 0.0549. The van der Waals surface area contributed by atoms with Crippen LogP contribution in [0.1, 0.15) is 49.5 Å². The van der Waals surface area contributed by atoms with Crippen molar-refractivity contribution >= 4 is 16.9 Å². The summed E-state index contributed by atoms with van der Waals surface area (Å²) in [6.07, 6.45) is 5.22. The number of likely N-dealkylation sites (tertiary alicyclic amines) is 2. The first-order valence-electron chi connectivity index (χ1n) is 11.7. The normalized spacial score (nSPS) is 19.2. The lowest BCUT2D eigenvalue weighted by Crippen LogP contribution is -2.49. The molecule has 9 heteroatoms. The minimum atomic E-state index is -0.380. The van der Waals surface area contributed by atoms with E-state index in [4.69, 9.17) is 4.74 Å². The monoisotopic (exact) mass is 445 g/mol. The van der Waals surface area contributed by atoms with E-state index in [1.165, 1.54) is 11.6 Å². The molecule has 2 saturated heterocycles. The summed E-state index contributed by atoms with van der Waals surface area (Å²) < 4.78 is 9.91. The van der Waals surface area contributed by atoms with Crippen molar-refractivity contribution in [2.45, 2.75) is 57.7 Å². The van der Waals surface area contributed by atoms with Gasteiger partial charge in [-0.15, -0.1) is 0 Å².